The smallest absolute Gasteiger partial charge is 0.254 e. The van der Waals surface area contributed by atoms with E-state index in [0.717, 1.165) is 29.4 Å². The first-order valence-electron chi connectivity index (χ1n) is 6.17. The van der Waals surface area contributed by atoms with Crippen LogP contribution < -0.4 is 0 Å². The summed E-state index contributed by atoms with van der Waals surface area (Å²) in [5.74, 6) is 0.680. The largest absolute Gasteiger partial charge is 0.335 e. The molecule has 0 aromatic heterocycles. The number of aryl methyl sites for hydroxylation is 1. The molecule has 1 aromatic carbocycles. The van der Waals surface area contributed by atoms with Gasteiger partial charge in [-0.1, -0.05) is 34.5 Å². The minimum absolute atomic E-state index is 0.123. The van der Waals surface area contributed by atoms with E-state index in [0.29, 0.717) is 17.0 Å². The van der Waals surface area contributed by atoms with E-state index in [1.165, 1.54) is 0 Å². The average Bonchev–Trinajstić information content (AvgIpc) is 2.69. The number of amides is 1. The molecule has 0 saturated carbocycles. The van der Waals surface area contributed by atoms with E-state index in [9.17, 15) is 4.79 Å². The Morgan fingerprint density at radius 1 is 1.56 bits per heavy atom. The number of alkyl halides is 1. The molecule has 1 aromatic rings. The van der Waals surface area contributed by atoms with Crippen molar-refractivity contribution < 1.29 is 4.79 Å². The number of benzene rings is 1. The maximum Gasteiger partial charge on any atom is 0.254 e. The van der Waals surface area contributed by atoms with Crippen molar-refractivity contribution in [2.24, 2.45) is 5.92 Å². The third kappa shape index (κ3) is 2.57. The monoisotopic (exact) mass is 329 g/mol. The first kappa shape index (κ1) is 13.9. The van der Waals surface area contributed by atoms with Gasteiger partial charge < -0.3 is 4.90 Å². The summed E-state index contributed by atoms with van der Waals surface area (Å²) in [5.41, 5.74) is 1.71. The Labute approximate surface area is 121 Å². The first-order chi connectivity index (χ1) is 8.54. The van der Waals surface area contributed by atoms with Crippen LogP contribution in [0.1, 0.15) is 29.3 Å². The van der Waals surface area contributed by atoms with Crippen molar-refractivity contribution >= 4 is 33.4 Å². The molecule has 1 amide bonds. The van der Waals surface area contributed by atoms with Gasteiger partial charge in [0.15, 0.2) is 0 Å². The molecule has 98 valence electrons. The number of likely N-dealkylation sites (tertiary alicyclic amines) is 1. The second kappa shape index (κ2) is 5.62. The standard InChI is InChI=1S/C14H17BrClNO/c1-9-5-6-17(13(9)8-15)14(18)12-4-3-11(16)7-10(12)2/h3-4,7,9,13H,5-6,8H2,1-2H3. The summed E-state index contributed by atoms with van der Waals surface area (Å²) >= 11 is 9.44. The zero-order valence-corrected chi connectivity index (χ0v) is 13.0. The Morgan fingerprint density at radius 3 is 2.89 bits per heavy atom. The first-order valence-corrected chi connectivity index (χ1v) is 7.67. The molecule has 0 radical (unpaired) electrons. The number of hydrogen-bond acceptors (Lipinski definition) is 1. The Balaban J connectivity index is 2.26. The Bertz CT molecular complexity index is 463. The Kier molecular flexibility index (Phi) is 4.33. The van der Waals surface area contributed by atoms with Crippen molar-refractivity contribution in [1.29, 1.82) is 0 Å². The lowest BCUT2D eigenvalue weighted by Crippen LogP contribution is -2.38. The molecule has 4 heteroatoms. The van der Waals surface area contributed by atoms with Crippen molar-refractivity contribution in [1.82, 2.24) is 4.90 Å². The van der Waals surface area contributed by atoms with Gasteiger partial charge in [-0.15, -0.1) is 0 Å². The van der Waals surface area contributed by atoms with E-state index >= 15 is 0 Å². The van der Waals surface area contributed by atoms with Crippen LogP contribution >= 0.6 is 27.5 Å². The van der Waals surface area contributed by atoms with E-state index < -0.39 is 0 Å². The molecule has 2 atom stereocenters. The number of rotatable bonds is 2. The molecular weight excluding hydrogens is 314 g/mol. The maximum atomic E-state index is 12.6. The topological polar surface area (TPSA) is 20.3 Å². The molecule has 1 aliphatic rings. The van der Waals surface area contributed by atoms with Crippen LogP contribution in [0.2, 0.25) is 5.02 Å². The van der Waals surface area contributed by atoms with Crippen LogP contribution in [-0.4, -0.2) is 28.7 Å². The number of hydrogen-bond donors (Lipinski definition) is 0. The van der Waals surface area contributed by atoms with Crippen LogP contribution in [0.15, 0.2) is 18.2 Å². The molecule has 2 unspecified atom stereocenters. The van der Waals surface area contributed by atoms with Gasteiger partial charge >= 0.3 is 0 Å². The predicted octanol–water partition coefficient (Wildman–Crippen LogP) is 3.89. The van der Waals surface area contributed by atoms with Gasteiger partial charge in [-0.3, -0.25) is 4.79 Å². The number of carbonyl (C=O) groups is 1. The third-order valence-corrected chi connectivity index (χ3v) is 4.62. The molecule has 0 spiro atoms. The third-order valence-electron chi connectivity index (χ3n) is 3.72. The SMILES string of the molecule is Cc1cc(Cl)ccc1C(=O)N1CCC(C)C1CBr. The van der Waals surface area contributed by atoms with Crippen LogP contribution in [-0.2, 0) is 0 Å². The van der Waals surface area contributed by atoms with Gasteiger partial charge in [-0.05, 0) is 43.0 Å². The molecule has 18 heavy (non-hydrogen) atoms. The molecule has 1 fully saturated rings. The highest BCUT2D eigenvalue weighted by molar-refractivity contribution is 9.09. The van der Waals surface area contributed by atoms with Crippen LogP contribution in [0.5, 0.6) is 0 Å². The molecule has 1 aliphatic heterocycles. The minimum atomic E-state index is 0.123. The highest BCUT2D eigenvalue weighted by Crippen LogP contribution is 2.28. The molecule has 0 N–H and O–H groups in total. The van der Waals surface area contributed by atoms with Gasteiger partial charge in [0.1, 0.15) is 0 Å². The fourth-order valence-corrected chi connectivity index (χ4v) is 3.73. The lowest BCUT2D eigenvalue weighted by Gasteiger charge is -2.26. The van der Waals surface area contributed by atoms with E-state index in [2.05, 4.69) is 22.9 Å². The van der Waals surface area contributed by atoms with Crippen LogP contribution in [0.3, 0.4) is 0 Å². The molecule has 2 nitrogen and oxygen atoms in total. The number of carbonyl (C=O) groups excluding carboxylic acids is 1. The zero-order chi connectivity index (χ0) is 13.3. The van der Waals surface area contributed by atoms with Crippen LogP contribution in [0, 0.1) is 12.8 Å². The molecule has 0 aliphatic carbocycles. The summed E-state index contributed by atoms with van der Waals surface area (Å²) in [6.07, 6.45) is 1.08. The molecular formula is C14H17BrClNO. The summed E-state index contributed by atoms with van der Waals surface area (Å²) in [6.45, 7) is 4.98. The number of halogens is 2. The minimum Gasteiger partial charge on any atom is -0.335 e. The van der Waals surface area contributed by atoms with Crippen molar-refractivity contribution in [2.75, 3.05) is 11.9 Å². The molecule has 1 heterocycles. The van der Waals surface area contributed by atoms with Gasteiger partial charge in [0.25, 0.3) is 5.91 Å². The van der Waals surface area contributed by atoms with Gasteiger partial charge in [0, 0.05) is 28.5 Å². The molecule has 1 saturated heterocycles. The summed E-state index contributed by atoms with van der Waals surface area (Å²) in [4.78, 5) is 14.5. The average molecular weight is 331 g/mol. The van der Waals surface area contributed by atoms with Crippen LogP contribution in [0.4, 0.5) is 0 Å². The Morgan fingerprint density at radius 2 is 2.28 bits per heavy atom. The quantitative estimate of drug-likeness (QED) is 0.753. The summed E-state index contributed by atoms with van der Waals surface area (Å²) < 4.78 is 0. The predicted molar refractivity (Wildman–Crippen MR) is 78.6 cm³/mol. The van der Waals surface area contributed by atoms with E-state index in [4.69, 9.17) is 11.6 Å². The summed E-state index contributed by atoms with van der Waals surface area (Å²) in [5, 5.41) is 1.52. The fraction of sp³-hybridized carbons (Fsp3) is 0.500. The Hall–Kier alpha value is -0.540. The van der Waals surface area contributed by atoms with Crippen molar-refractivity contribution in [2.45, 2.75) is 26.3 Å². The zero-order valence-electron chi connectivity index (χ0n) is 10.6. The highest BCUT2D eigenvalue weighted by Gasteiger charge is 2.34. The lowest BCUT2D eigenvalue weighted by atomic mass is 10.0. The van der Waals surface area contributed by atoms with Crippen molar-refractivity contribution in [3.63, 3.8) is 0 Å². The van der Waals surface area contributed by atoms with E-state index in [-0.39, 0.29) is 5.91 Å². The van der Waals surface area contributed by atoms with Gasteiger partial charge in [-0.2, -0.15) is 0 Å². The highest BCUT2D eigenvalue weighted by atomic mass is 79.9. The second-order valence-electron chi connectivity index (χ2n) is 4.95. The van der Waals surface area contributed by atoms with Crippen LogP contribution in [0.25, 0.3) is 0 Å². The van der Waals surface area contributed by atoms with Crippen molar-refractivity contribution in [3.8, 4) is 0 Å². The maximum absolute atomic E-state index is 12.6. The summed E-state index contributed by atoms with van der Waals surface area (Å²) in [7, 11) is 0. The summed E-state index contributed by atoms with van der Waals surface area (Å²) in [6, 6.07) is 5.75. The van der Waals surface area contributed by atoms with Gasteiger partial charge in [0.05, 0.1) is 0 Å². The fourth-order valence-electron chi connectivity index (χ4n) is 2.52. The number of nitrogens with zero attached hydrogens (tertiary/aromatic N) is 1. The van der Waals surface area contributed by atoms with E-state index in [1.807, 2.05) is 24.0 Å². The molecule has 0 bridgehead atoms. The van der Waals surface area contributed by atoms with Gasteiger partial charge in [0.2, 0.25) is 0 Å². The van der Waals surface area contributed by atoms with E-state index in [1.54, 1.807) is 6.07 Å². The van der Waals surface area contributed by atoms with Gasteiger partial charge in [-0.25, -0.2) is 0 Å². The van der Waals surface area contributed by atoms with Crippen molar-refractivity contribution in [3.05, 3.63) is 34.3 Å². The lowest BCUT2D eigenvalue weighted by molar-refractivity contribution is 0.0738. The molecule has 2 rings (SSSR count). The second-order valence-corrected chi connectivity index (χ2v) is 6.03. The normalized spacial score (nSPS) is 23.4.